The molecule has 0 unspecified atom stereocenters. The lowest BCUT2D eigenvalue weighted by molar-refractivity contribution is 0.459. The monoisotopic (exact) mass is 374 g/mol. The minimum atomic E-state index is -1.22. The highest BCUT2D eigenvalue weighted by molar-refractivity contribution is 5.30. The topological polar surface area (TPSA) is 61.4 Å². The summed E-state index contributed by atoms with van der Waals surface area (Å²) in [5, 5.41) is 0. The van der Waals surface area contributed by atoms with Crippen molar-refractivity contribution < 1.29 is 17.6 Å². The van der Waals surface area contributed by atoms with Crippen LogP contribution in [0, 0.1) is 23.8 Å². The van der Waals surface area contributed by atoms with E-state index in [1.54, 1.807) is 24.3 Å². The molecule has 0 fully saturated rings. The first-order chi connectivity index (χ1) is 13.0. The molecule has 10 heteroatoms. The highest BCUT2D eigenvalue weighted by atomic mass is 19.2. The summed E-state index contributed by atoms with van der Waals surface area (Å²) in [4.78, 5) is 15.0. The maximum absolute atomic E-state index is 13.7. The molecule has 4 rings (SSSR count). The summed E-state index contributed by atoms with van der Waals surface area (Å²) >= 11 is 0. The Labute approximate surface area is 149 Å². The summed E-state index contributed by atoms with van der Waals surface area (Å²) in [6, 6.07) is 9.62. The van der Waals surface area contributed by atoms with Crippen LogP contribution in [0.5, 0.6) is 0 Å². The first-order valence-corrected chi connectivity index (χ1v) is 7.72. The normalized spacial score (nSPS) is 11.1. The Morgan fingerprint density at radius 1 is 0.667 bits per heavy atom. The van der Waals surface area contributed by atoms with Crippen LogP contribution in [-0.2, 0) is 6.42 Å². The molecule has 0 saturated carbocycles. The minimum Gasteiger partial charge on any atom is -0.256 e. The number of imidazole rings is 2. The van der Waals surface area contributed by atoms with Gasteiger partial charge in [0.2, 0.25) is 0 Å². The van der Waals surface area contributed by atoms with Gasteiger partial charge < -0.3 is 0 Å². The largest absolute Gasteiger partial charge is 0.268 e. The molecule has 4 aromatic rings. The molecule has 0 aromatic carbocycles. The van der Waals surface area contributed by atoms with Gasteiger partial charge in [-0.1, -0.05) is 12.1 Å². The molecular weight excluding hydrogens is 364 g/mol. The van der Waals surface area contributed by atoms with Crippen molar-refractivity contribution in [2.75, 3.05) is 0 Å². The number of halogens is 4. The standard InChI is InChI=1S/C17H10F4N6/c18-14-16(20)26(8-22-14)12-5-1-3-10(24-12)7-11-4-2-6-13(25-11)27-9-23-15(19)17(27)21/h1-6,8-9H,7H2. The van der Waals surface area contributed by atoms with Crippen LogP contribution in [-0.4, -0.2) is 29.1 Å². The number of nitrogens with zero attached hydrogens (tertiary/aromatic N) is 6. The van der Waals surface area contributed by atoms with E-state index in [1.807, 2.05) is 0 Å². The zero-order valence-corrected chi connectivity index (χ0v) is 13.5. The molecule has 0 N–H and O–H groups in total. The van der Waals surface area contributed by atoms with Crippen LogP contribution in [0.3, 0.4) is 0 Å². The molecule has 4 heterocycles. The van der Waals surface area contributed by atoms with Crippen LogP contribution in [0.4, 0.5) is 17.6 Å². The number of rotatable bonds is 4. The van der Waals surface area contributed by atoms with Gasteiger partial charge in [0, 0.05) is 17.8 Å². The fourth-order valence-corrected chi connectivity index (χ4v) is 2.53. The Balaban J connectivity index is 1.63. The molecule has 0 radical (unpaired) electrons. The smallest absolute Gasteiger partial charge is 0.256 e. The second-order valence-electron chi connectivity index (χ2n) is 5.54. The van der Waals surface area contributed by atoms with Gasteiger partial charge in [-0.2, -0.15) is 17.6 Å². The van der Waals surface area contributed by atoms with Crippen molar-refractivity contribution >= 4 is 0 Å². The van der Waals surface area contributed by atoms with E-state index in [9.17, 15) is 17.6 Å². The maximum atomic E-state index is 13.7. The van der Waals surface area contributed by atoms with Gasteiger partial charge >= 0.3 is 0 Å². The van der Waals surface area contributed by atoms with Gasteiger partial charge in [0.05, 0.1) is 0 Å². The van der Waals surface area contributed by atoms with Gasteiger partial charge in [-0.3, -0.25) is 9.13 Å². The van der Waals surface area contributed by atoms with Crippen molar-refractivity contribution in [1.29, 1.82) is 0 Å². The van der Waals surface area contributed by atoms with Gasteiger partial charge in [0.15, 0.2) is 0 Å². The quantitative estimate of drug-likeness (QED) is 0.515. The summed E-state index contributed by atoms with van der Waals surface area (Å²) < 4.78 is 55.3. The lowest BCUT2D eigenvalue weighted by Crippen LogP contribution is -2.05. The molecule has 4 aromatic heterocycles. The van der Waals surface area contributed by atoms with Crippen molar-refractivity contribution in [3.63, 3.8) is 0 Å². The minimum absolute atomic E-state index is 0.153. The van der Waals surface area contributed by atoms with Gasteiger partial charge in [-0.05, 0) is 24.3 Å². The second kappa shape index (κ2) is 6.63. The molecule has 0 aliphatic heterocycles. The van der Waals surface area contributed by atoms with E-state index in [-0.39, 0.29) is 18.1 Å². The zero-order valence-electron chi connectivity index (χ0n) is 13.5. The van der Waals surface area contributed by atoms with Gasteiger partial charge in [-0.15, -0.1) is 0 Å². The summed E-state index contributed by atoms with van der Waals surface area (Å²) in [7, 11) is 0. The average molecular weight is 374 g/mol. The first kappa shape index (κ1) is 16.9. The number of aromatic nitrogens is 6. The Morgan fingerprint density at radius 3 is 1.48 bits per heavy atom. The summed E-state index contributed by atoms with van der Waals surface area (Å²) in [5.41, 5.74) is 1.03. The maximum Gasteiger partial charge on any atom is 0.268 e. The van der Waals surface area contributed by atoms with Crippen LogP contribution >= 0.6 is 0 Å². The third-order valence-corrected chi connectivity index (χ3v) is 3.78. The van der Waals surface area contributed by atoms with Crippen LogP contribution in [0.2, 0.25) is 0 Å². The van der Waals surface area contributed by atoms with Crippen LogP contribution in [0.15, 0.2) is 49.1 Å². The lowest BCUT2D eigenvalue weighted by Gasteiger charge is -2.07. The Kier molecular flexibility index (Phi) is 4.15. The molecule has 0 saturated heterocycles. The highest BCUT2D eigenvalue weighted by Crippen LogP contribution is 2.15. The van der Waals surface area contributed by atoms with Crippen LogP contribution in [0.1, 0.15) is 11.4 Å². The first-order valence-electron chi connectivity index (χ1n) is 7.72. The van der Waals surface area contributed by atoms with E-state index in [0.29, 0.717) is 11.4 Å². The molecule has 136 valence electrons. The highest BCUT2D eigenvalue weighted by Gasteiger charge is 2.14. The van der Waals surface area contributed by atoms with Gasteiger partial charge in [-0.25, -0.2) is 19.9 Å². The van der Waals surface area contributed by atoms with Gasteiger partial charge in [0.25, 0.3) is 23.8 Å². The molecule has 0 amide bonds. The lowest BCUT2D eigenvalue weighted by atomic mass is 10.2. The SMILES string of the molecule is Fc1ncn(-c2cccc(Cc3cccc(-n4cnc(F)c4F)n3)n2)c1F. The summed E-state index contributed by atoms with van der Waals surface area (Å²) in [6.07, 6.45) is 2.22. The molecule has 6 nitrogen and oxygen atoms in total. The van der Waals surface area contributed by atoms with Crippen molar-refractivity contribution in [2.45, 2.75) is 6.42 Å². The van der Waals surface area contributed by atoms with Crippen molar-refractivity contribution in [3.05, 3.63) is 84.2 Å². The average Bonchev–Trinajstić information content (AvgIpc) is 3.18. The van der Waals surface area contributed by atoms with Gasteiger partial charge in [0.1, 0.15) is 24.3 Å². The molecule has 0 atom stereocenters. The fourth-order valence-electron chi connectivity index (χ4n) is 2.53. The van der Waals surface area contributed by atoms with E-state index in [2.05, 4.69) is 19.9 Å². The molecule has 0 bridgehead atoms. The zero-order chi connectivity index (χ0) is 19.0. The van der Waals surface area contributed by atoms with Crippen LogP contribution in [0.25, 0.3) is 11.6 Å². The van der Waals surface area contributed by atoms with E-state index >= 15 is 0 Å². The third kappa shape index (κ3) is 3.16. The second-order valence-corrected chi connectivity index (χ2v) is 5.54. The fraction of sp³-hybridized carbons (Fsp3) is 0.0588. The number of hydrogen-bond donors (Lipinski definition) is 0. The third-order valence-electron chi connectivity index (χ3n) is 3.78. The Bertz CT molecular complexity index is 1030. The predicted octanol–water partition coefficient (Wildman–Crippen LogP) is 3.00. The molecule has 27 heavy (non-hydrogen) atoms. The number of pyridine rings is 2. The van der Waals surface area contributed by atoms with Crippen LogP contribution < -0.4 is 0 Å². The Morgan fingerprint density at radius 2 is 1.11 bits per heavy atom. The predicted molar refractivity (Wildman–Crippen MR) is 85.4 cm³/mol. The molecule has 0 aliphatic rings. The van der Waals surface area contributed by atoms with E-state index in [4.69, 9.17) is 0 Å². The summed E-state index contributed by atoms with van der Waals surface area (Å²) in [5.74, 6) is -4.41. The van der Waals surface area contributed by atoms with E-state index in [1.165, 1.54) is 12.1 Å². The molecule has 0 aliphatic carbocycles. The summed E-state index contributed by atoms with van der Waals surface area (Å²) in [6.45, 7) is 0. The van der Waals surface area contributed by atoms with E-state index in [0.717, 1.165) is 21.8 Å². The van der Waals surface area contributed by atoms with Crippen molar-refractivity contribution in [2.24, 2.45) is 0 Å². The van der Waals surface area contributed by atoms with Crippen molar-refractivity contribution in [1.82, 2.24) is 29.1 Å². The Hall–Kier alpha value is -3.56. The van der Waals surface area contributed by atoms with E-state index < -0.39 is 23.8 Å². The number of hydrogen-bond acceptors (Lipinski definition) is 4. The molecular formula is C17H10F4N6. The van der Waals surface area contributed by atoms with Crippen molar-refractivity contribution in [3.8, 4) is 11.6 Å². The molecule has 0 spiro atoms.